The average molecular weight is 976 g/mol. The molecule has 0 spiro atoms. The molecule has 0 atom stereocenters. The number of primary amides is 4. The van der Waals surface area contributed by atoms with Crippen LogP contribution in [0.2, 0.25) is 0 Å². The van der Waals surface area contributed by atoms with Gasteiger partial charge < -0.3 is 74.0 Å². The van der Waals surface area contributed by atoms with Crippen molar-refractivity contribution in [3.05, 3.63) is 0 Å². The average Bonchev–Trinajstić information content (AvgIpc) is 2.05. The molecular weight excluding hydrogens is 960 g/mol. The molecule has 8 amide bonds. The van der Waals surface area contributed by atoms with Gasteiger partial charge in [-0.15, -0.1) is 0 Å². The summed E-state index contributed by atoms with van der Waals surface area (Å²) in [6, 6.07) is -3.75. The van der Waals surface area contributed by atoms with Crippen molar-refractivity contribution in [2.24, 2.45) is 22.9 Å². The summed E-state index contributed by atoms with van der Waals surface area (Å²) in [4.78, 5) is 38.5. The Morgan fingerprint density at radius 1 is 0.500 bits per heavy atom. The van der Waals surface area contributed by atoms with Crippen LogP contribution in [-0.4, -0.2) is 59.2 Å². The summed E-state index contributed by atoms with van der Waals surface area (Å²) in [5, 5.41) is 3.17. The van der Waals surface area contributed by atoms with Crippen LogP contribution < -0.4 is 33.6 Å². The Hall–Kier alpha value is -0.916. The van der Waals surface area contributed by atoms with E-state index in [0.29, 0.717) is 0 Å². The predicted octanol–water partition coefficient (Wildman–Crippen LogP) is -7.53. The molecule has 0 aromatic heterocycles. The molecule has 0 aromatic carbocycles. The van der Waals surface area contributed by atoms with E-state index in [1.165, 1.54) is 0 Å². The number of imide groups is 2. The molecule has 0 rings (SSSR count). The van der Waals surface area contributed by atoms with E-state index in [1.54, 1.807) is 10.6 Å². The number of urea groups is 4. The first-order chi connectivity index (χ1) is 10.3. The Balaban J connectivity index is -0.0000000155. The minimum absolute atomic E-state index is 0. The second-order valence-corrected chi connectivity index (χ2v) is 4.16. The van der Waals surface area contributed by atoms with E-state index in [0.717, 1.165) is 0 Å². The maximum atomic E-state index is 9.62. The SMILES string of the molecule is NC(=O)NC(N)=O.NC(=O)NC(N)=O.O=S(=O)([O-])[O-].O=S(=O)([O-])[O-].[O-2].[O-2].[O-2].[O-2].[OH3+].[OH3+].[U].[U]. The number of hydrogen-bond donors (Lipinski definition) is 6. The molecule has 0 aromatic rings. The van der Waals surface area contributed by atoms with Gasteiger partial charge in [-0.1, -0.05) is 0 Å². The third-order valence-corrected chi connectivity index (χ3v) is 0.493. The molecule has 0 aliphatic rings. The maximum Gasteiger partial charge on any atom is 0.320 e. The molecule has 32 heavy (non-hydrogen) atoms. The Morgan fingerprint density at radius 3 is 0.562 bits per heavy atom. The Morgan fingerprint density at radius 2 is 0.562 bits per heavy atom. The summed E-state index contributed by atoms with van der Waals surface area (Å²) in [6.07, 6.45) is 0. The molecular formula is C4H16N6O18S2U2-10. The molecule has 0 aliphatic heterocycles. The van der Waals surface area contributed by atoms with Crippen LogP contribution in [0.5, 0.6) is 0 Å². The minimum atomic E-state index is -5.17. The number of amides is 8. The second-order valence-electron chi connectivity index (χ2n) is 2.52. The largest absolute Gasteiger partial charge is 2.00 e. The van der Waals surface area contributed by atoms with Gasteiger partial charge in [0.25, 0.3) is 0 Å². The first kappa shape index (κ1) is 77.2. The molecule has 0 radical (unpaired) electrons. The smallest absolute Gasteiger partial charge is 0.320 e. The number of nitrogens with one attached hydrogen (secondary N) is 2. The van der Waals surface area contributed by atoms with E-state index in [2.05, 4.69) is 22.9 Å². The number of nitrogens with two attached hydrogens (primary N) is 4. The summed E-state index contributed by atoms with van der Waals surface area (Å²) in [5.41, 5.74) is 17.8. The number of hydrogen-bond acceptors (Lipinski definition) is 12. The molecule has 28 heteroatoms. The van der Waals surface area contributed by atoms with Crippen molar-refractivity contribution in [2.45, 2.75) is 0 Å². The van der Waals surface area contributed by atoms with Gasteiger partial charge in [-0.2, -0.15) is 0 Å². The van der Waals surface area contributed by atoms with Crippen molar-refractivity contribution in [1.29, 1.82) is 0 Å². The molecule has 200 valence electrons. The fourth-order valence-corrected chi connectivity index (χ4v) is 0.243. The van der Waals surface area contributed by atoms with E-state index in [9.17, 15) is 19.2 Å². The molecule has 16 N–H and O–H groups in total. The van der Waals surface area contributed by atoms with Crippen molar-refractivity contribution >= 4 is 44.9 Å². The summed E-state index contributed by atoms with van der Waals surface area (Å²) in [7, 11) is -10.3. The molecule has 0 saturated heterocycles. The molecule has 0 aliphatic carbocycles. The molecule has 24 nitrogen and oxygen atoms in total. The van der Waals surface area contributed by atoms with Crippen molar-refractivity contribution in [3.8, 4) is 0 Å². The van der Waals surface area contributed by atoms with Crippen LogP contribution >= 0.6 is 0 Å². The van der Waals surface area contributed by atoms with Gasteiger partial charge in [0, 0.05) is 83.0 Å². The van der Waals surface area contributed by atoms with Crippen LogP contribution in [0, 0.1) is 62.2 Å². The Kier molecular flexibility index (Phi) is 97.6. The van der Waals surface area contributed by atoms with Gasteiger partial charge in [0.15, 0.2) is 0 Å². The molecule has 0 heterocycles. The first-order valence-corrected chi connectivity index (χ1v) is 6.97. The van der Waals surface area contributed by atoms with Crippen molar-refractivity contribution in [3.63, 3.8) is 0 Å². The van der Waals surface area contributed by atoms with Gasteiger partial charge >= 0.3 is 24.1 Å². The summed E-state index contributed by atoms with van der Waals surface area (Å²) in [6.45, 7) is 0. The zero-order chi connectivity index (χ0) is 20.7. The molecule has 0 bridgehead atoms. The van der Waals surface area contributed by atoms with Gasteiger partial charge in [0.2, 0.25) is 0 Å². The number of rotatable bonds is 0. The van der Waals surface area contributed by atoms with Crippen molar-refractivity contribution in [2.75, 3.05) is 0 Å². The zero-order valence-corrected chi connectivity index (χ0v) is 24.8. The standard InChI is InChI=1S/2C2H5N3O2.2H2O4S.2H2O.4O.2U/c2*3-1(6)5-2(4)7;2*1-5(2,3)4;;;;;;;;/h2*(H5,3,4,5,6,7);2*(H2,1,2,3,4);2*1H2;;;;;;/q;;;;;;4*-2;;/p-2. The van der Waals surface area contributed by atoms with Gasteiger partial charge in [0.1, 0.15) is 0 Å². The first-order valence-electron chi connectivity index (χ1n) is 4.30. The van der Waals surface area contributed by atoms with Crippen LogP contribution in [0.3, 0.4) is 0 Å². The van der Waals surface area contributed by atoms with Crippen LogP contribution in [0.15, 0.2) is 0 Å². The zero-order valence-electron chi connectivity index (χ0n) is 14.8. The maximum absolute atomic E-state index is 9.62. The summed E-state index contributed by atoms with van der Waals surface area (Å²) >= 11 is 0. The van der Waals surface area contributed by atoms with Crippen LogP contribution in [0.25, 0.3) is 0 Å². The predicted molar refractivity (Wildman–Crippen MR) is 78.0 cm³/mol. The number of carbonyl (C=O) groups excluding carboxylic acids is 4. The Labute approximate surface area is 226 Å². The fourth-order valence-electron chi connectivity index (χ4n) is 0.243. The molecule has 0 fully saturated rings. The summed E-state index contributed by atoms with van der Waals surface area (Å²) < 4.78 is 68.2. The van der Waals surface area contributed by atoms with E-state index in [-0.39, 0.29) is 95.1 Å². The minimum Gasteiger partial charge on any atom is -2.00 e. The molecule has 0 saturated carbocycles. The second kappa shape index (κ2) is 40.4. The van der Waals surface area contributed by atoms with Crippen LogP contribution in [-0.2, 0) is 53.7 Å². The van der Waals surface area contributed by atoms with E-state index >= 15 is 0 Å². The fraction of sp³-hybridized carbons (Fsp3) is 0. The molecule has 0 unspecified atom stereocenters. The van der Waals surface area contributed by atoms with Crippen molar-refractivity contribution in [1.82, 2.24) is 10.6 Å². The van der Waals surface area contributed by atoms with Crippen LogP contribution in [0.1, 0.15) is 0 Å². The topological polar surface area (TPSA) is 537 Å². The quantitative estimate of drug-likeness (QED) is 0.0749. The van der Waals surface area contributed by atoms with E-state index in [4.69, 9.17) is 35.0 Å². The normalized spacial score (nSPS) is 6.88. The van der Waals surface area contributed by atoms with E-state index in [1.807, 2.05) is 0 Å². The van der Waals surface area contributed by atoms with E-state index < -0.39 is 44.9 Å². The monoisotopic (exact) mass is 976 g/mol. The van der Waals surface area contributed by atoms with Gasteiger partial charge in [-0.25, -0.2) is 19.2 Å². The van der Waals surface area contributed by atoms with Gasteiger partial charge in [0.05, 0.1) is 0 Å². The third-order valence-electron chi connectivity index (χ3n) is 0.493. The van der Waals surface area contributed by atoms with Crippen molar-refractivity contribution < 1.29 is 149 Å². The number of carbonyl (C=O) groups is 4. The van der Waals surface area contributed by atoms with Gasteiger partial charge in [-0.3, -0.25) is 27.5 Å². The Bertz CT molecular complexity index is 544. The van der Waals surface area contributed by atoms with Crippen LogP contribution in [0.4, 0.5) is 19.2 Å². The third kappa shape index (κ3) is 457. The summed E-state index contributed by atoms with van der Waals surface area (Å²) in [5.74, 6) is 0. The van der Waals surface area contributed by atoms with Gasteiger partial charge in [-0.05, 0) is 0 Å².